The van der Waals surface area contributed by atoms with Crippen LogP contribution in [0.4, 0.5) is 10.8 Å². The van der Waals surface area contributed by atoms with Crippen LogP contribution in [0.25, 0.3) is 10.2 Å². The van der Waals surface area contributed by atoms with E-state index < -0.39 is 11.8 Å². The van der Waals surface area contributed by atoms with Crippen LogP contribution in [-0.4, -0.2) is 22.7 Å². The van der Waals surface area contributed by atoms with Gasteiger partial charge in [0.25, 0.3) is 17.7 Å². The molecule has 0 saturated heterocycles. The summed E-state index contributed by atoms with van der Waals surface area (Å²) in [5, 5.41) is 3.33. The first-order chi connectivity index (χ1) is 14.9. The number of fused-ring (bicyclic) bond motifs is 2. The zero-order chi connectivity index (χ0) is 21.7. The lowest BCUT2D eigenvalue weighted by atomic mass is 10.1. The quantitative estimate of drug-likeness (QED) is 0.469. The largest absolute Gasteiger partial charge is 0.298 e. The van der Waals surface area contributed by atoms with E-state index in [2.05, 4.69) is 16.4 Å². The predicted octanol–water partition coefficient (Wildman–Crippen LogP) is 4.97. The third-order valence-corrected chi connectivity index (χ3v) is 6.13. The minimum absolute atomic E-state index is 0.334. The second-order valence-electron chi connectivity index (χ2n) is 7.44. The first kappa shape index (κ1) is 19.1. The number of carbonyl (C=O) groups excluding carboxylic acids is 3. The van der Waals surface area contributed by atoms with Crippen LogP contribution in [0.1, 0.15) is 42.2 Å². The summed E-state index contributed by atoms with van der Waals surface area (Å²) < 4.78 is 1.01. The molecule has 0 fully saturated rings. The molecule has 7 heteroatoms. The number of hydrogen-bond acceptors (Lipinski definition) is 5. The van der Waals surface area contributed by atoms with Gasteiger partial charge in [0.1, 0.15) is 0 Å². The van der Waals surface area contributed by atoms with Crippen molar-refractivity contribution in [3.8, 4) is 0 Å². The van der Waals surface area contributed by atoms with Crippen LogP contribution in [-0.2, 0) is 0 Å². The predicted molar refractivity (Wildman–Crippen MR) is 121 cm³/mol. The summed E-state index contributed by atoms with van der Waals surface area (Å²) in [6.07, 6.45) is 0. The van der Waals surface area contributed by atoms with Crippen molar-refractivity contribution in [2.75, 3.05) is 10.2 Å². The number of nitrogens with zero attached hydrogens (tertiary/aromatic N) is 2. The molecule has 1 N–H and O–H groups in total. The minimum Gasteiger partial charge on any atom is -0.298 e. The molecule has 3 amide bonds. The number of thiazole rings is 1. The average Bonchev–Trinajstić information content (AvgIpc) is 3.27. The lowest BCUT2D eigenvalue weighted by Crippen LogP contribution is -2.29. The number of carbonyl (C=O) groups is 3. The van der Waals surface area contributed by atoms with E-state index in [0.717, 1.165) is 26.2 Å². The molecule has 1 aromatic heterocycles. The smallest absolute Gasteiger partial charge is 0.266 e. The zero-order valence-corrected chi connectivity index (χ0v) is 17.6. The van der Waals surface area contributed by atoms with E-state index in [0.29, 0.717) is 27.5 Å². The highest BCUT2D eigenvalue weighted by atomic mass is 32.1. The van der Waals surface area contributed by atoms with Crippen LogP contribution >= 0.6 is 11.3 Å². The Hall–Kier alpha value is -3.84. The van der Waals surface area contributed by atoms with Gasteiger partial charge in [-0.15, -0.1) is 0 Å². The number of anilines is 2. The molecular weight excluding hydrogens is 410 g/mol. The van der Waals surface area contributed by atoms with Crippen LogP contribution in [0.5, 0.6) is 0 Å². The maximum atomic E-state index is 12.9. The van der Waals surface area contributed by atoms with Gasteiger partial charge in [0, 0.05) is 5.56 Å². The average molecular weight is 427 g/mol. The second kappa shape index (κ2) is 7.14. The summed E-state index contributed by atoms with van der Waals surface area (Å²) in [5.74, 6) is -1.14. The van der Waals surface area contributed by atoms with E-state index in [9.17, 15) is 14.4 Å². The monoisotopic (exact) mass is 427 g/mol. The molecule has 0 unspecified atom stereocenters. The number of aromatic nitrogens is 1. The molecule has 1 aliphatic rings. The molecule has 2 heterocycles. The molecule has 31 heavy (non-hydrogen) atoms. The van der Waals surface area contributed by atoms with E-state index in [-0.39, 0.29) is 5.91 Å². The number of hydrogen-bond donors (Lipinski definition) is 1. The van der Waals surface area contributed by atoms with Crippen molar-refractivity contribution in [3.63, 3.8) is 0 Å². The summed E-state index contributed by atoms with van der Waals surface area (Å²) in [6.45, 7) is 4.02. The fraction of sp³-hybridized carbons (Fsp3) is 0.0833. The van der Waals surface area contributed by atoms with Gasteiger partial charge in [-0.1, -0.05) is 35.6 Å². The van der Waals surface area contributed by atoms with E-state index in [1.54, 1.807) is 48.5 Å². The molecule has 0 saturated carbocycles. The van der Waals surface area contributed by atoms with E-state index in [1.165, 1.54) is 11.3 Å². The van der Waals surface area contributed by atoms with E-state index in [1.807, 2.05) is 19.9 Å². The van der Waals surface area contributed by atoms with Crippen molar-refractivity contribution in [2.45, 2.75) is 13.8 Å². The second-order valence-corrected chi connectivity index (χ2v) is 8.47. The molecule has 5 rings (SSSR count). The van der Waals surface area contributed by atoms with Crippen LogP contribution in [0.3, 0.4) is 0 Å². The van der Waals surface area contributed by atoms with Gasteiger partial charge in [0.2, 0.25) is 0 Å². The van der Waals surface area contributed by atoms with Crippen LogP contribution in [0.15, 0.2) is 60.7 Å². The first-order valence-electron chi connectivity index (χ1n) is 9.69. The molecule has 6 nitrogen and oxygen atoms in total. The Labute approximate surface area is 182 Å². The van der Waals surface area contributed by atoms with Crippen molar-refractivity contribution in [3.05, 3.63) is 88.5 Å². The summed E-state index contributed by atoms with van der Waals surface area (Å²) in [6, 6.07) is 17.3. The third kappa shape index (κ3) is 3.19. The Kier molecular flexibility index (Phi) is 4.41. The Morgan fingerprint density at radius 1 is 0.935 bits per heavy atom. The highest BCUT2D eigenvalue weighted by molar-refractivity contribution is 7.22. The number of amides is 3. The number of nitrogens with one attached hydrogen (secondary N) is 1. The molecular formula is C24H17N3O3S. The maximum Gasteiger partial charge on any atom is 0.266 e. The first-order valence-corrected chi connectivity index (χ1v) is 10.5. The van der Waals surface area contributed by atoms with Crippen LogP contribution < -0.4 is 10.2 Å². The standard InChI is InChI=1S/C24H17N3O3S/c1-13-10-14(2)20-19(11-13)31-24(25-20)26-21(28)15-6-5-7-16(12-15)27-22(29)17-8-3-4-9-18(17)23(27)30/h3-12H,1-2H3,(H,25,26,28). The molecule has 1 aliphatic heterocycles. The van der Waals surface area contributed by atoms with Gasteiger partial charge in [0.15, 0.2) is 5.13 Å². The van der Waals surface area contributed by atoms with E-state index >= 15 is 0 Å². The van der Waals surface area contributed by atoms with E-state index in [4.69, 9.17) is 0 Å². The van der Waals surface area contributed by atoms with Crippen molar-refractivity contribution in [1.82, 2.24) is 4.98 Å². The Morgan fingerprint density at radius 2 is 1.65 bits per heavy atom. The van der Waals surface area contributed by atoms with Crippen molar-refractivity contribution in [2.24, 2.45) is 0 Å². The van der Waals surface area contributed by atoms with Gasteiger partial charge < -0.3 is 0 Å². The fourth-order valence-corrected chi connectivity index (χ4v) is 4.84. The number of imide groups is 1. The van der Waals surface area contributed by atoms with Gasteiger partial charge in [0.05, 0.1) is 27.0 Å². The maximum absolute atomic E-state index is 12.9. The number of aryl methyl sites for hydroxylation is 2. The molecule has 0 aliphatic carbocycles. The summed E-state index contributed by atoms with van der Waals surface area (Å²) in [5.41, 5.74) is 4.48. The summed E-state index contributed by atoms with van der Waals surface area (Å²) in [7, 11) is 0. The highest BCUT2D eigenvalue weighted by Gasteiger charge is 2.36. The Balaban J connectivity index is 1.43. The molecule has 4 aromatic rings. The van der Waals surface area contributed by atoms with Gasteiger partial charge in [-0.05, 0) is 61.4 Å². The topological polar surface area (TPSA) is 79.4 Å². The van der Waals surface area contributed by atoms with Crippen LogP contribution in [0, 0.1) is 13.8 Å². The zero-order valence-electron chi connectivity index (χ0n) is 16.8. The van der Waals surface area contributed by atoms with Gasteiger partial charge in [-0.2, -0.15) is 0 Å². The van der Waals surface area contributed by atoms with Crippen LogP contribution in [0.2, 0.25) is 0 Å². The number of rotatable bonds is 3. The molecule has 0 atom stereocenters. The minimum atomic E-state index is -0.393. The van der Waals surface area contributed by atoms with Gasteiger partial charge in [-0.3, -0.25) is 19.7 Å². The molecule has 0 radical (unpaired) electrons. The van der Waals surface area contributed by atoms with Gasteiger partial charge >= 0.3 is 0 Å². The summed E-state index contributed by atoms with van der Waals surface area (Å²) in [4.78, 5) is 44.0. The van der Waals surface area contributed by atoms with Crippen molar-refractivity contribution in [1.29, 1.82) is 0 Å². The van der Waals surface area contributed by atoms with Gasteiger partial charge in [-0.25, -0.2) is 9.88 Å². The summed E-state index contributed by atoms with van der Waals surface area (Å²) >= 11 is 1.41. The molecule has 152 valence electrons. The van der Waals surface area contributed by atoms with Crippen molar-refractivity contribution < 1.29 is 14.4 Å². The molecule has 3 aromatic carbocycles. The Bertz CT molecular complexity index is 1370. The number of benzene rings is 3. The molecule has 0 spiro atoms. The Morgan fingerprint density at radius 3 is 2.35 bits per heavy atom. The normalized spacial score (nSPS) is 13.0. The third-order valence-electron chi connectivity index (χ3n) is 5.21. The highest BCUT2D eigenvalue weighted by Crippen LogP contribution is 2.31. The molecule has 0 bridgehead atoms. The SMILES string of the molecule is Cc1cc(C)c2nc(NC(=O)c3cccc(N4C(=O)c5ccccc5C4=O)c3)sc2c1. The fourth-order valence-electron chi connectivity index (χ4n) is 3.80. The van der Waals surface area contributed by atoms with Crippen molar-refractivity contribution >= 4 is 50.1 Å². The lowest BCUT2D eigenvalue weighted by Gasteiger charge is -2.14. The lowest BCUT2D eigenvalue weighted by molar-refractivity contribution is 0.0924.